The van der Waals surface area contributed by atoms with Gasteiger partial charge in [-0.2, -0.15) is 0 Å². The molecule has 0 fully saturated rings. The molecule has 0 saturated carbocycles. The SMILES string of the molecule is COc1c(C)c(C)c(OC)c(CCCO)c1C. The number of methoxy groups -OCH3 is 2. The number of rotatable bonds is 5. The summed E-state index contributed by atoms with van der Waals surface area (Å²) in [5.41, 5.74) is 4.49. The number of benzene rings is 1. The van der Waals surface area contributed by atoms with Crippen molar-refractivity contribution >= 4 is 0 Å². The van der Waals surface area contributed by atoms with Crippen molar-refractivity contribution in [3.8, 4) is 11.5 Å². The zero-order valence-electron chi connectivity index (χ0n) is 11.4. The van der Waals surface area contributed by atoms with Crippen molar-refractivity contribution in [2.45, 2.75) is 33.6 Å². The van der Waals surface area contributed by atoms with Gasteiger partial charge < -0.3 is 14.6 Å². The van der Waals surface area contributed by atoms with Gasteiger partial charge in [-0.1, -0.05) is 0 Å². The Morgan fingerprint density at radius 3 is 1.88 bits per heavy atom. The van der Waals surface area contributed by atoms with Gasteiger partial charge in [0.05, 0.1) is 14.2 Å². The molecule has 0 bridgehead atoms. The standard InChI is InChI=1S/C14H22O3/c1-9-10(2)14(17-5)12(7-6-8-15)11(3)13(9)16-4/h15H,6-8H2,1-5H3. The molecule has 96 valence electrons. The minimum Gasteiger partial charge on any atom is -0.496 e. The molecule has 1 N–H and O–H groups in total. The van der Waals surface area contributed by atoms with Crippen molar-refractivity contribution < 1.29 is 14.6 Å². The van der Waals surface area contributed by atoms with Crippen LogP contribution in [-0.2, 0) is 6.42 Å². The molecule has 0 aromatic heterocycles. The highest BCUT2D eigenvalue weighted by Gasteiger charge is 2.17. The summed E-state index contributed by atoms with van der Waals surface area (Å²) in [5, 5.41) is 8.96. The van der Waals surface area contributed by atoms with E-state index in [1.54, 1.807) is 14.2 Å². The minimum atomic E-state index is 0.192. The lowest BCUT2D eigenvalue weighted by molar-refractivity contribution is 0.287. The Kier molecular flexibility index (Phi) is 4.82. The van der Waals surface area contributed by atoms with E-state index in [2.05, 4.69) is 0 Å². The first-order chi connectivity index (χ1) is 8.08. The molecule has 0 aliphatic carbocycles. The molecule has 0 amide bonds. The summed E-state index contributed by atoms with van der Waals surface area (Å²) in [6.07, 6.45) is 1.55. The van der Waals surface area contributed by atoms with Crippen LogP contribution in [0.2, 0.25) is 0 Å². The highest BCUT2D eigenvalue weighted by molar-refractivity contribution is 5.58. The van der Waals surface area contributed by atoms with E-state index in [9.17, 15) is 0 Å². The number of aliphatic hydroxyl groups is 1. The number of hydrogen-bond donors (Lipinski definition) is 1. The van der Waals surface area contributed by atoms with Crippen molar-refractivity contribution in [1.82, 2.24) is 0 Å². The van der Waals surface area contributed by atoms with Crippen LogP contribution in [0.4, 0.5) is 0 Å². The molecule has 0 aliphatic heterocycles. The molecule has 0 unspecified atom stereocenters. The predicted molar refractivity (Wildman–Crippen MR) is 69.2 cm³/mol. The van der Waals surface area contributed by atoms with E-state index in [4.69, 9.17) is 14.6 Å². The predicted octanol–water partition coefficient (Wildman–Crippen LogP) is 2.55. The Morgan fingerprint density at radius 1 is 0.882 bits per heavy atom. The summed E-state index contributed by atoms with van der Waals surface area (Å²) < 4.78 is 11.0. The maximum absolute atomic E-state index is 8.96. The van der Waals surface area contributed by atoms with Crippen LogP contribution in [0.15, 0.2) is 0 Å². The lowest BCUT2D eigenvalue weighted by Crippen LogP contribution is -2.04. The summed E-state index contributed by atoms with van der Waals surface area (Å²) in [5.74, 6) is 1.85. The van der Waals surface area contributed by atoms with Gasteiger partial charge >= 0.3 is 0 Å². The molecule has 3 nitrogen and oxygen atoms in total. The smallest absolute Gasteiger partial charge is 0.125 e. The Balaban J connectivity index is 3.38. The second-order valence-corrected chi connectivity index (χ2v) is 4.25. The molecule has 1 aromatic carbocycles. The summed E-state index contributed by atoms with van der Waals surface area (Å²) in [7, 11) is 3.38. The lowest BCUT2D eigenvalue weighted by Gasteiger charge is -2.20. The molecule has 0 radical (unpaired) electrons. The van der Waals surface area contributed by atoms with E-state index in [0.717, 1.165) is 46.6 Å². The van der Waals surface area contributed by atoms with E-state index in [0.29, 0.717) is 0 Å². The largest absolute Gasteiger partial charge is 0.496 e. The van der Waals surface area contributed by atoms with Crippen LogP contribution >= 0.6 is 0 Å². The van der Waals surface area contributed by atoms with Gasteiger partial charge in [0.25, 0.3) is 0 Å². The maximum atomic E-state index is 8.96. The molecular weight excluding hydrogens is 216 g/mol. The number of ether oxygens (including phenoxy) is 2. The average molecular weight is 238 g/mol. The molecule has 0 heterocycles. The fourth-order valence-corrected chi connectivity index (χ4v) is 2.29. The molecule has 0 saturated heterocycles. The Morgan fingerprint density at radius 2 is 1.41 bits per heavy atom. The highest BCUT2D eigenvalue weighted by atomic mass is 16.5. The third-order valence-electron chi connectivity index (χ3n) is 3.30. The van der Waals surface area contributed by atoms with Crippen LogP contribution in [0.1, 0.15) is 28.7 Å². The van der Waals surface area contributed by atoms with Gasteiger partial charge in [0.1, 0.15) is 11.5 Å². The van der Waals surface area contributed by atoms with Gasteiger partial charge in [-0.3, -0.25) is 0 Å². The second kappa shape index (κ2) is 5.92. The topological polar surface area (TPSA) is 38.7 Å². The van der Waals surface area contributed by atoms with E-state index >= 15 is 0 Å². The van der Waals surface area contributed by atoms with Crippen LogP contribution in [0.5, 0.6) is 11.5 Å². The normalized spacial score (nSPS) is 10.5. The molecule has 1 rings (SSSR count). The van der Waals surface area contributed by atoms with Gasteiger partial charge in [-0.15, -0.1) is 0 Å². The Bertz CT molecular complexity index is 397. The molecule has 17 heavy (non-hydrogen) atoms. The first-order valence-electron chi connectivity index (χ1n) is 5.89. The molecule has 0 aliphatic rings. The summed E-state index contributed by atoms with van der Waals surface area (Å²) in [6.45, 7) is 6.32. The van der Waals surface area contributed by atoms with Gasteiger partial charge in [0, 0.05) is 12.2 Å². The van der Waals surface area contributed by atoms with E-state index < -0.39 is 0 Å². The average Bonchev–Trinajstić information content (AvgIpc) is 2.33. The second-order valence-electron chi connectivity index (χ2n) is 4.25. The number of hydrogen-bond acceptors (Lipinski definition) is 3. The van der Waals surface area contributed by atoms with E-state index in [1.165, 1.54) is 0 Å². The van der Waals surface area contributed by atoms with Crippen molar-refractivity contribution in [3.05, 3.63) is 22.3 Å². The maximum Gasteiger partial charge on any atom is 0.125 e. The zero-order chi connectivity index (χ0) is 13.0. The monoisotopic (exact) mass is 238 g/mol. The molecule has 0 atom stereocenters. The van der Waals surface area contributed by atoms with Crippen LogP contribution in [-0.4, -0.2) is 25.9 Å². The van der Waals surface area contributed by atoms with E-state index in [-0.39, 0.29) is 6.61 Å². The fourth-order valence-electron chi connectivity index (χ4n) is 2.29. The van der Waals surface area contributed by atoms with Gasteiger partial charge in [-0.05, 0) is 50.3 Å². The minimum absolute atomic E-state index is 0.192. The van der Waals surface area contributed by atoms with Crippen LogP contribution < -0.4 is 9.47 Å². The van der Waals surface area contributed by atoms with Crippen molar-refractivity contribution in [1.29, 1.82) is 0 Å². The first kappa shape index (κ1) is 13.8. The molecule has 0 spiro atoms. The van der Waals surface area contributed by atoms with Gasteiger partial charge in [0.2, 0.25) is 0 Å². The highest BCUT2D eigenvalue weighted by Crippen LogP contribution is 2.38. The van der Waals surface area contributed by atoms with Crippen molar-refractivity contribution in [3.63, 3.8) is 0 Å². The number of aliphatic hydroxyl groups excluding tert-OH is 1. The fraction of sp³-hybridized carbons (Fsp3) is 0.571. The zero-order valence-corrected chi connectivity index (χ0v) is 11.4. The first-order valence-corrected chi connectivity index (χ1v) is 5.89. The molecule has 1 aromatic rings. The van der Waals surface area contributed by atoms with Crippen LogP contribution in [0, 0.1) is 20.8 Å². The van der Waals surface area contributed by atoms with Crippen LogP contribution in [0.25, 0.3) is 0 Å². The summed E-state index contributed by atoms with van der Waals surface area (Å²) >= 11 is 0. The summed E-state index contributed by atoms with van der Waals surface area (Å²) in [4.78, 5) is 0. The van der Waals surface area contributed by atoms with Crippen molar-refractivity contribution in [2.24, 2.45) is 0 Å². The quantitative estimate of drug-likeness (QED) is 0.856. The van der Waals surface area contributed by atoms with Crippen LogP contribution in [0.3, 0.4) is 0 Å². The Hall–Kier alpha value is -1.22. The third kappa shape index (κ3) is 2.55. The molecule has 3 heteroatoms. The molecular formula is C14H22O3. The third-order valence-corrected chi connectivity index (χ3v) is 3.30. The Labute approximate surface area is 103 Å². The van der Waals surface area contributed by atoms with E-state index in [1.807, 2.05) is 20.8 Å². The lowest BCUT2D eigenvalue weighted by atomic mass is 9.94. The van der Waals surface area contributed by atoms with Crippen molar-refractivity contribution in [2.75, 3.05) is 20.8 Å². The van der Waals surface area contributed by atoms with Gasteiger partial charge in [0.15, 0.2) is 0 Å². The van der Waals surface area contributed by atoms with Gasteiger partial charge in [-0.25, -0.2) is 0 Å². The summed E-state index contributed by atoms with van der Waals surface area (Å²) in [6, 6.07) is 0.